The number of Topliss-reactive ketones (excluding diaryl/α,β-unsaturated/α-hetero) is 1. The molecule has 2 saturated carbocycles. The Balaban J connectivity index is 1.39. The van der Waals surface area contributed by atoms with E-state index in [1.165, 1.54) is 44.6 Å². The number of hydrogen-bond acceptors (Lipinski definition) is 15. The van der Waals surface area contributed by atoms with Crippen molar-refractivity contribution in [2.75, 3.05) is 6.61 Å². The highest BCUT2D eigenvalue weighted by Crippen LogP contribution is 2.64. The Morgan fingerprint density at radius 2 is 1.54 bits per heavy atom. The van der Waals surface area contributed by atoms with Crippen molar-refractivity contribution < 1.29 is 72.2 Å². The second-order valence-electron chi connectivity index (χ2n) is 17.0. The molecule has 1 aromatic heterocycles. The number of amides is 1. The zero-order chi connectivity index (χ0) is 44.2. The van der Waals surface area contributed by atoms with Crippen LogP contribution < -0.4 is 5.32 Å². The number of ketones is 1. The van der Waals surface area contributed by atoms with Crippen LogP contribution in [0.2, 0.25) is 0 Å². The van der Waals surface area contributed by atoms with Gasteiger partial charge in [0.15, 0.2) is 23.6 Å². The first-order valence-electron chi connectivity index (χ1n) is 19.9. The number of fused-ring (bicyclic) bond motifs is 5. The Hall–Kier alpha value is -5.68. The molecule has 3 aliphatic carbocycles. The SMILES string of the molecule is CC(=O)O[C@H]1C(=O)[C@@]2(C)[C@H]([C@H](OC(=O)c3ccccc3)[C@]3(O)C[C@H](OC(=O)[C@H](O)[C@@H](NC(=O)c4ccoc4)c4ccccc4)C(C)=C1C3(C)C)[C@]1(OC(C)=O)CO[C@@H]1C[C@@H]2O. The van der Waals surface area contributed by atoms with E-state index in [0.717, 1.165) is 13.8 Å². The van der Waals surface area contributed by atoms with Gasteiger partial charge in [-0.05, 0) is 48.8 Å². The molecule has 4 N–H and O–H groups in total. The lowest BCUT2D eigenvalue weighted by Gasteiger charge is -2.67. The topological polar surface area (TPSA) is 234 Å². The highest BCUT2D eigenvalue weighted by atomic mass is 16.6. The molecule has 1 aliphatic heterocycles. The monoisotopic (exact) mass is 843 g/mol. The molecular weight excluding hydrogens is 794 g/mol. The van der Waals surface area contributed by atoms with Gasteiger partial charge >= 0.3 is 23.9 Å². The van der Waals surface area contributed by atoms with E-state index in [4.69, 9.17) is 28.1 Å². The van der Waals surface area contributed by atoms with Crippen molar-refractivity contribution in [1.29, 1.82) is 0 Å². The number of furan rings is 1. The first-order chi connectivity index (χ1) is 28.8. The summed E-state index contributed by atoms with van der Waals surface area (Å²) in [7, 11) is 0. The number of esters is 4. The van der Waals surface area contributed by atoms with Crippen molar-refractivity contribution >= 4 is 35.6 Å². The molecule has 1 saturated heterocycles. The molecule has 16 heteroatoms. The minimum atomic E-state index is -2.40. The van der Waals surface area contributed by atoms with Crippen LogP contribution in [0.1, 0.15) is 86.7 Å². The number of aliphatic hydroxyl groups excluding tert-OH is 2. The molecule has 2 aromatic carbocycles. The summed E-state index contributed by atoms with van der Waals surface area (Å²) in [6.45, 7) is 7.93. The fourth-order valence-corrected chi connectivity index (χ4v) is 9.99. The minimum Gasteiger partial charge on any atom is -0.472 e. The fraction of sp³-hybridized carbons (Fsp3) is 0.467. The predicted molar refractivity (Wildman–Crippen MR) is 210 cm³/mol. The maximum absolute atomic E-state index is 15.5. The van der Waals surface area contributed by atoms with Crippen LogP contribution in [0.3, 0.4) is 0 Å². The van der Waals surface area contributed by atoms with Crippen molar-refractivity contribution in [2.45, 2.75) is 108 Å². The van der Waals surface area contributed by atoms with Gasteiger partial charge in [-0.2, -0.15) is 0 Å². The van der Waals surface area contributed by atoms with Crippen LogP contribution in [0.25, 0.3) is 0 Å². The maximum atomic E-state index is 15.5. The van der Waals surface area contributed by atoms with Crippen LogP contribution in [0.5, 0.6) is 0 Å². The van der Waals surface area contributed by atoms with Crippen LogP contribution in [0, 0.1) is 16.7 Å². The Morgan fingerprint density at radius 3 is 2.11 bits per heavy atom. The van der Waals surface area contributed by atoms with E-state index in [2.05, 4.69) is 5.32 Å². The number of ether oxygens (including phenoxy) is 5. The number of nitrogens with one attached hydrogen (secondary N) is 1. The number of hydrogen-bond donors (Lipinski definition) is 4. The lowest BCUT2D eigenvalue weighted by molar-refractivity contribution is -0.346. The Morgan fingerprint density at radius 1 is 0.885 bits per heavy atom. The van der Waals surface area contributed by atoms with E-state index in [9.17, 15) is 39.3 Å². The Kier molecular flexibility index (Phi) is 11.4. The van der Waals surface area contributed by atoms with E-state index in [0.29, 0.717) is 5.56 Å². The highest BCUT2D eigenvalue weighted by molar-refractivity contribution is 5.96. The molecule has 2 heterocycles. The first kappa shape index (κ1) is 43.4. The van der Waals surface area contributed by atoms with Crippen molar-refractivity contribution in [1.82, 2.24) is 5.32 Å². The summed E-state index contributed by atoms with van der Waals surface area (Å²) < 4.78 is 35.2. The van der Waals surface area contributed by atoms with Gasteiger partial charge < -0.3 is 48.7 Å². The summed E-state index contributed by atoms with van der Waals surface area (Å²) >= 11 is 0. The van der Waals surface area contributed by atoms with E-state index < -0.39 is 113 Å². The number of aliphatic hydroxyl groups is 3. The molecule has 4 aliphatic rings. The zero-order valence-electron chi connectivity index (χ0n) is 34.5. The highest BCUT2D eigenvalue weighted by Gasteiger charge is 2.78. The summed E-state index contributed by atoms with van der Waals surface area (Å²) in [4.78, 5) is 83.1. The lowest BCUT2D eigenvalue weighted by atomic mass is 9.44. The van der Waals surface area contributed by atoms with Gasteiger partial charge in [0.05, 0.1) is 47.5 Å². The first-order valence-corrected chi connectivity index (χ1v) is 19.9. The molecule has 0 radical (unpaired) electrons. The molecule has 11 atom stereocenters. The van der Waals surface area contributed by atoms with Gasteiger partial charge in [0.2, 0.25) is 0 Å². The van der Waals surface area contributed by atoms with Crippen LogP contribution in [-0.4, -0.2) is 105 Å². The molecule has 0 spiro atoms. The van der Waals surface area contributed by atoms with Crippen LogP contribution >= 0.6 is 0 Å². The van der Waals surface area contributed by atoms with E-state index in [-0.39, 0.29) is 35.3 Å². The number of benzene rings is 2. The maximum Gasteiger partial charge on any atom is 0.338 e. The third-order valence-electron chi connectivity index (χ3n) is 13.2. The fourth-order valence-electron chi connectivity index (χ4n) is 9.99. The average Bonchev–Trinajstić information content (AvgIpc) is 3.77. The summed E-state index contributed by atoms with van der Waals surface area (Å²) in [6.07, 6.45) is -8.10. The van der Waals surface area contributed by atoms with Crippen molar-refractivity contribution in [3.8, 4) is 0 Å². The lowest BCUT2D eigenvalue weighted by Crippen LogP contribution is -2.82. The van der Waals surface area contributed by atoms with Gasteiger partial charge in [-0.3, -0.25) is 19.2 Å². The molecule has 324 valence electrons. The van der Waals surface area contributed by atoms with Gasteiger partial charge in [0.25, 0.3) is 5.91 Å². The Labute approximate surface area is 351 Å². The van der Waals surface area contributed by atoms with E-state index in [1.54, 1.807) is 62.4 Å². The molecule has 3 aromatic rings. The Bertz CT molecular complexity index is 2240. The van der Waals surface area contributed by atoms with E-state index in [1.807, 2.05) is 0 Å². The standard InChI is InChI=1S/C45H49NO15/c1-23-29(59-41(54)34(50)33(26-13-9-7-10-14-26)46-39(52)28-17-18-56-21-28)20-45(55)38(60-40(53)27-15-11-8-12-16-27)36-43(6,30(49)19-31-44(36,22-57-31)61-25(3)48)37(51)35(58-24(2)47)32(23)42(45,4)5/h7-18,21,29-31,33-36,38,49-50,55H,19-20,22H2,1-6H3,(H,46,52)/t29-,30-,31+,33-,34+,35+,36-,38-,43+,44-,45+/m0/s1. The summed E-state index contributed by atoms with van der Waals surface area (Å²) in [5, 5.41) is 40.0. The molecule has 2 bridgehead atoms. The smallest absolute Gasteiger partial charge is 0.338 e. The van der Waals surface area contributed by atoms with Gasteiger partial charge in [0.1, 0.15) is 30.2 Å². The average molecular weight is 844 g/mol. The van der Waals surface area contributed by atoms with E-state index >= 15 is 4.79 Å². The van der Waals surface area contributed by atoms with Gasteiger partial charge in [-0.25, -0.2) is 9.59 Å². The molecule has 16 nitrogen and oxygen atoms in total. The molecule has 61 heavy (non-hydrogen) atoms. The van der Waals surface area contributed by atoms with Crippen LogP contribution in [0.15, 0.2) is 94.8 Å². The third-order valence-corrected chi connectivity index (χ3v) is 13.2. The third kappa shape index (κ3) is 7.14. The second-order valence-corrected chi connectivity index (χ2v) is 17.0. The second kappa shape index (κ2) is 16.0. The number of carbonyl (C=O) groups excluding carboxylic acids is 6. The van der Waals surface area contributed by atoms with Crippen molar-refractivity contribution in [3.63, 3.8) is 0 Å². The molecule has 3 fully saturated rings. The minimum absolute atomic E-state index is 0.0113. The predicted octanol–water partition coefficient (Wildman–Crippen LogP) is 3.33. The summed E-state index contributed by atoms with van der Waals surface area (Å²) in [5.74, 6) is -6.97. The van der Waals surface area contributed by atoms with Crippen LogP contribution in [0.4, 0.5) is 0 Å². The quantitative estimate of drug-likeness (QED) is 0.130. The largest absolute Gasteiger partial charge is 0.472 e. The van der Waals surface area contributed by atoms with Gasteiger partial charge in [-0.1, -0.05) is 62.4 Å². The summed E-state index contributed by atoms with van der Waals surface area (Å²) in [5.41, 5.74) is -7.23. The normalized spacial score (nSPS) is 32.2. The van der Waals surface area contributed by atoms with Crippen LogP contribution in [-0.2, 0) is 42.9 Å². The zero-order valence-corrected chi connectivity index (χ0v) is 34.5. The van der Waals surface area contributed by atoms with Gasteiger partial charge in [-0.15, -0.1) is 0 Å². The molecule has 0 unspecified atom stereocenters. The number of rotatable bonds is 10. The van der Waals surface area contributed by atoms with Crippen molar-refractivity contribution in [2.24, 2.45) is 16.7 Å². The van der Waals surface area contributed by atoms with Crippen molar-refractivity contribution in [3.05, 3.63) is 107 Å². The molecular formula is C45H49NO15. The number of carbonyl (C=O) groups is 6. The molecule has 7 rings (SSSR count). The molecule has 1 amide bonds. The van der Waals surface area contributed by atoms with Gasteiger partial charge in [0, 0.05) is 32.1 Å². The summed E-state index contributed by atoms with van der Waals surface area (Å²) in [6, 6.07) is 16.0.